The fraction of sp³-hybridized carbons (Fsp3) is 0.680. The Morgan fingerprint density at radius 2 is 1.94 bits per heavy atom. The van der Waals surface area contributed by atoms with Crippen LogP contribution in [0.5, 0.6) is 0 Å². The Bertz CT molecular complexity index is 731. The van der Waals surface area contributed by atoms with Crippen LogP contribution < -0.4 is 16.4 Å². The third-order valence-corrected chi connectivity index (χ3v) is 6.09. The lowest BCUT2D eigenvalue weighted by Crippen LogP contribution is -2.47. The number of carbonyl (C=O) groups is 1. The zero-order chi connectivity index (χ0) is 23.4. The second-order valence-electron chi connectivity index (χ2n) is 9.07. The Morgan fingerprint density at radius 1 is 1.22 bits per heavy atom. The van der Waals surface area contributed by atoms with Crippen LogP contribution in [0.4, 0.5) is 0 Å². The number of primary amides is 1. The number of guanidine groups is 1. The molecule has 0 bridgehead atoms. The van der Waals surface area contributed by atoms with Gasteiger partial charge in [-0.3, -0.25) is 9.69 Å². The highest BCUT2D eigenvalue weighted by Crippen LogP contribution is 2.20. The first-order valence-corrected chi connectivity index (χ1v) is 12.2. The molecule has 0 aliphatic carbocycles. The first-order valence-electron chi connectivity index (χ1n) is 12.2. The molecule has 1 atom stereocenters. The lowest BCUT2D eigenvalue weighted by molar-refractivity contribution is -0.123. The predicted molar refractivity (Wildman–Crippen MR) is 131 cm³/mol. The van der Waals surface area contributed by atoms with Gasteiger partial charge in [-0.05, 0) is 50.3 Å². The number of aliphatic hydroxyl groups is 1. The predicted octanol–water partition coefficient (Wildman–Crippen LogP) is 2.77. The van der Waals surface area contributed by atoms with Crippen molar-refractivity contribution in [2.75, 3.05) is 26.2 Å². The zero-order valence-corrected chi connectivity index (χ0v) is 20.2. The SMILES string of the molecule is CCCC(O)(CCC)CNC(=NCc1cccc(CN2CCCC(C(N)=O)C2)c1)NCC. The van der Waals surface area contributed by atoms with Gasteiger partial charge in [-0.1, -0.05) is 51.0 Å². The van der Waals surface area contributed by atoms with Gasteiger partial charge in [0.1, 0.15) is 0 Å². The summed E-state index contributed by atoms with van der Waals surface area (Å²) in [6, 6.07) is 8.46. The average molecular weight is 446 g/mol. The van der Waals surface area contributed by atoms with Crippen molar-refractivity contribution >= 4 is 11.9 Å². The number of hydrogen-bond donors (Lipinski definition) is 4. The summed E-state index contributed by atoms with van der Waals surface area (Å²) >= 11 is 0. The second-order valence-corrected chi connectivity index (χ2v) is 9.07. The number of benzene rings is 1. The average Bonchev–Trinajstić information content (AvgIpc) is 2.76. The van der Waals surface area contributed by atoms with Crippen molar-refractivity contribution in [3.63, 3.8) is 0 Å². The second kappa shape index (κ2) is 13.4. The number of carbonyl (C=O) groups excluding carboxylic acids is 1. The van der Waals surface area contributed by atoms with E-state index in [1.54, 1.807) is 0 Å². The van der Waals surface area contributed by atoms with Crippen molar-refractivity contribution in [2.45, 2.75) is 78.0 Å². The van der Waals surface area contributed by atoms with E-state index in [1.807, 2.05) is 6.92 Å². The fourth-order valence-corrected chi connectivity index (χ4v) is 4.51. The highest BCUT2D eigenvalue weighted by atomic mass is 16.3. The van der Waals surface area contributed by atoms with Crippen LogP contribution in [0.1, 0.15) is 70.4 Å². The van der Waals surface area contributed by atoms with Gasteiger partial charge in [-0.15, -0.1) is 0 Å². The lowest BCUT2D eigenvalue weighted by atomic mass is 9.93. The van der Waals surface area contributed by atoms with Crippen LogP contribution in [0.2, 0.25) is 0 Å². The number of nitrogens with one attached hydrogen (secondary N) is 2. The summed E-state index contributed by atoms with van der Waals surface area (Å²) in [5, 5.41) is 17.5. The minimum Gasteiger partial charge on any atom is -0.388 e. The Hall–Kier alpha value is -2.12. The quantitative estimate of drug-likeness (QED) is 0.293. The summed E-state index contributed by atoms with van der Waals surface area (Å²) in [5.74, 6) is 0.499. The summed E-state index contributed by atoms with van der Waals surface area (Å²) in [6.45, 7) is 10.6. The first-order chi connectivity index (χ1) is 15.4. The van der Waals surface area contributed by atoms with Crippen molar-refractivity contribution in [2.24, 2.45) is 16.6 Å². The molecule has 180 valence electrons. The molecule has 1 heterocycles. The van der Waals surface area contributed by atoms with Crippen LogP contribution >= 0.6 is 0 Å². The minimum atomic E-state index is -0.698. The molecule has 0 radical (unpaired) electrons. The van der Waals surface area contributed by atoms with Crippen molar-refractivity contribution < 1.29 is 9.90 Å². The van der Waals surface area contributed by atoms with E-state index in [-0.39, 0.29) is 11.8 Å². The molecule has 0 spiro atoms. The summed E-state index contributed by atoms with van der Waals surface area (Å²) in [4.78, 5) is 18.6. The molecule has 1 aliphatic rings. The summed E-state index contributed by atoms with van der Waals surface area (Å²) in [6.07, 6.45) is 5.38. The van der Waals surface area contributed by atoms with Crippen molar-refractivity contribution in [3.05, 3.63) is 35.4 Å². The lowest BCUT2D eigenvalue weighted by Gasteiger charge is -2.31. The molecule has 1 aromatic carbocycles. The standard InChI is InChI=1S/C25H43N5O2/c1-4-12-25(32,13-5-2)19-29-24(27-6-3)28-16-20-9-7-10-21(15-20)17-30-14-8-11-22(18-30)23(26)31/h7,9-10,15,22,32H,4-6,8,11-14,16-19H2,1-3H3,(H2,26,31)(H2,27,28,29). The molecule has 0 saturated carbocycles. The Labute approximate surface area is 193 Å². The van der Waals surface area contributed by atoms with E-state index < -0.39 is 5.60 Å². The van der Waals surface area contributed by atoms with Crippen LogP contribution in [0, 0.1) is 5.92 Å². The Morgan fingerprint density at radius 3 is 2.59 bits per heavy atom. The van der Waals surface area contributed by atoms with E-state index in [0.29, 0.717) is 13.1 Å². The van der Waals surface area contributed by atoms with Gasteiger partial charge in [0.05, 0.1) is 18.1 Å². The van der Waals surface area contributed by atoms with Crippen molar-refractivity contribution in [1.82, 2.24) is 15.5 Å². The van der Waals surface area contributed by atoms with Crippen LogP contribution in [-0.4, -0.2) is 53.7 Å². The molecule has 0 aromatic heterocycles. The molecule has 32 heavy (non-hydrogen) atoms. The number of aliphatic imine (C=N–C) groups is 1. The van der Waals surface area contributed by atoms with Gasteiger partial charge in [0.2, 0.25) is 5.91 Å². The van der Waals surface area contributed by atoms with Gasteiger partial charge >= 0.3 is 0 Å². The highest BCUT2D eigenvalue weighted by Gasteiger charge is 2.25. The number of amides is 1. The van der Waals surface area contributed by atoms with Gasteiger partial charge in [0.15, 0.2) is 5.96 Å². The number of nitrogens with two attached hydrogens (primary N) is 1. The Kier molecular flexibility index (Phi) is 11.0. The zero-order valence-electron chi connectivity index (χ0n) is 20.2. The van der Waals surface area contributed by atoms with E-state index >= 15 is 0 Å². The van der Waals surface area contributed by atoms with Gasteiger partial charge < -0.3 is 21.5 Å². The maximum atomic E-state index is 11.6. The number of hydrogen-bond acceptors (Lipinski definition) is 4. The molecule has 1 unspecified atom stereocenters. The maximum Gasteiger partial charge on any atom is 0.221 e. The molecule has 1 amide bonds. The fourth-order valence-electron chi connectivity index (χ4n) is 4.51. The number of rotatable bonds is 12. The topological polar surface area (TPSA) is 103 Å². The Balaban J connectivity index is 1.98. The number of likely N-dealkylation sites (tertiary alicyclic amines) is 1. The minimum absolute atomic E-state index is 0.0376. The maximum absolute atomic E-state index is 11.6. The van der Waals surface area contributed by atoms with Gasteiger partial charge in [0, 0.05) is 26.2 Å². The molecule has 5 N–H and O–H groups in total. The molecule has 7 heteroatoms. The van der Waals surface area contributed by atoms with E-state index in [4.69, 9.17) is 10.7 Å². The van der Waals surface area contributed by atoms with E-state index in [9.17, 15) is 9.90 Å². The molecule has 1 saturated heterocycles. The van der Waals surface area contributed by atoms with Crippen molar-refractivity contribution in [1.29, 1.82) is 0 Å². The van der Waals surface area contributed by atoms with Crippen molar-refractivity contribution in [3.8, 4) is 0 Å². The van der Waals surface area contributed by atoms with Crippen LogP contribution in [0.3, 0.4) is 0 Å². The van der Waals surface area contributed by atoms with E-state index in [0.717, 1.165) is 76.2 Å². The van der Waals surface area contributed by atoms with Gasteiger partial charge in [0.25, 0.3) is 0 Å². The summed E-state index contributed by atoms with van der Waals surface area (Å²) < 4.78 is 0. The number of nitrogens with zero attached hydrogens (tertiary/aromatic N) is 2. The third kappa shape index (κ3) is 8.79. The van der Waals surface area contributed by atoms with Gasteiger partial charge in [-0.25, -0.2) is 4.99 Å². The first kappa shape index (κ1) is 26.1. The summed E-state index contributed by atoms with van der Waals surface area (Å²) in [5.41, 5.74) is 7.18. The summed E-state index contributed by atoms with van der Waals surface area (Å²) in [7, 11) is 0. The third-order valence-electron chi connectivity index (χ3n) is 6.09. The molecular weight excluding hydrogens is 402 g/mol. The molecule has 2 rings (SSSR count). The monoisotopic (exact) mass is 445 g/mol. The highest BCUT2D eigenvalue weighted by molar-refractivity contribution is 5.79. The number of piperidine rings is 1. The van der Waals surface area contributed by atoms with E-state index in [1.165, 1.54) is 5.56 Å². The molecule has 1 fully saturated rings. The van der Waals surface area contributed by atoms with Crippen LogP contribution in [-0.2, 0) is 17.9 Å². The van der Waals surface area contributed by atoms with Gasteiger partial charge in [-0.2, -0.15) is 0 Å². The molecular formula is C25H43N5O2. The molecule has 1 aromatic rings. The smallest absolute Gasteiger partial charge is 0.221 e. The van der Waals surface area contributed by atoms with Crippen LogP contribution in [0.15, 0.2) is 29.3 Å². The molecule has 7 nitrogen and oxygen atoms in total. The van der Waals surface area contributed by atoms with E-state index in [2.05, 4.69) is 53.6 Å². The largest absolute Gasteiger partial charge is 0.388 e. The van der Waals surface area contributed by atoms with Crippen LogP contribution in [0.25, 0.3) is 0 Å². The normalized spacial score (nSPS) is 17.9. The molecule has 1 aliphatic heterocycles.